The highest BCUT2D eigenvalue weighted by Crippen LogP contribution is 2.14. The topological polar surface area (TPSA) is 32.3 Å². The van der Waals surface area contributed by atoms with Crippen molar-refractivity contribution in [2.24, 2.45) is 0 Å². The van der Waals surface area contributed by atoms with Gasteiger partial charge in [-0.1, -0.05) is 24.6 Å². The number of rotatable bonds is 6. The standard InChI is InChI=1S/C12H17ClFNO/c1-2-11(5-6-16)15-8-9-3-4-10(13)7-12(9)14/h3-4,7,11,15-16H,2,5-6,8H2,1H3/t11-/m0/s1. The third-order valence-electron chi connectivity index (χ3n) is 2.57. The SMILES string of the molecule is CC[C@@H](CCO)NCc1ccc(Cl)cc1F. The lowest BCUT2D eigenvalue weighted by molar-refractivity contribution is 0.261. The summed E-state index contributed by atoms with van der Waals surface area (Å²) in [6, 6.07) is 4.89. The number of hydrogen-bond acceptors (Lipinski definition) is 2. The van der Waals surface area contributed by atoms with Crippen molar-refractivity contribution >= 4 is 11.6 Å². The molecule has 0 saturated carbocycles. The Labute approximate surface area is 100 Å². The van der Waals surface area contributed by atoms with Gasteiger partial charge >= 0.3 is 0 Å². The van der Waals surface area contributed by atoms with Crippen molar-refractivity contribution in [2.75, 3.05) is 6.61 Å². The van der Waals surface area contributed by atoms with Crippen molar-refractivity contribution in [2.45, 2.75) is 32.4 Å². The molecule has 0 radical (unpaired) electrons. The van der Waals surface area contributed by atoms with Crippen molar-refractivity contribution in [1.29, 1.82) is 0 Å². The van der Waals surface area contributed by atoms with E-state index in [2.05, 4.69) is 5.32 Å². The van der Waals surface area contributed by atoms with Gasteiger partial charge in [0.2, 0.25) is 0 Å². The molecule has 0 aromatic heterocycles. The van der Waals surface area contributed by atoms with Crippen molar-refractivity contribution in [3.05, 3.63) is 34.6 Å². The van der Waals surface area contributed by atoms with Crippen LogP contribution in [0.5, 0.6) is 0 Å². The van der Waals surface area contributed by atoms with Crippen LogP contribution in [0.15, 0.2) is 18.2 Å². The minimum absolute atomic E-state index is 0.147. The first-order chi connectivity index (χ1) is 7.67. The average Bonchev–Trinajstić information content (AvgIpc) is 2.26. The van der Waals surface area contributed by atoms with Crippen LogP contribution in [0.1, 0.15) is 25.3 Å². The van der Waals surface area contributed by atoms with Gasteiger partial charge in [0.15, 0.2) is 0 Å². The lowest BCUT2D eigenvalue weighted by Gasteiger charge is -2.15. The first-order valence-corrected chi connectivity index (χ1v) is 5.83. The fourth-order valence-corrected chi connectivity index (χ4v) is 1.68. The largest absolute Gasteiger partial charge is 0.396 e. The van der Waals surface area contributed by atoms with Gasteiger partial charge in [-0.15, -0.1) is 0 Å². The molecule has 0 spiro atoms. The van der Waals surface area contributed by atoms with E-state index in [9.17, 15) is 4.39 Å². The van der Waals surface area contributed by atoms with Gasteiger partial charge in [-0.25, -0.2) is 4.39 Å². The molecule has 0 heterocycles. The fraction of sp³-hybridized carbons (Fsp3) is 0.500. The third-order valence-corrected chi connectivity index (χ3v) is 2.80. The molecular formula is C12H17ClFNO. The molecule has 1 rings (SSSR count). The van der Waals surface area contributed by atoms with Gasteiger partial charge in [0.1, 0.15) is 5.82 Å². The maximum absolute atomic E-state index is 13.4. The van der Waals surface area contributed by atoms with Gasteiger partial charge in [-0.2, -0.15) is 0 Å². The second-order valence-electron chi connectivity index (χ2n) is 3.73. The number of halogens is 2. The summed E-state index contributed by atoms with van der Waals surface area (Å²) in [7, 11) is 0. The van der Waals surface area contributed by atoms with Crippen molar-refractivity contribution in [3.8, 4) is 0 Å². The Kier molecular flexibility index (Phi) is 5.74. The van der Waals surface area contributed by atoms with Crippen molar-refractivity contribution in [1.82, 2.24) is 5.32 Å². The van der Waals surface area contributed by atoms with Crippen LogP contribution in [0.25, 0.3) is 0 Å². The zero-order chi connectivity index (χ0) is 12.0. The Morgan fingerprint density at radius 2 is 2.25 bits per heavy atom. The number of benzene rings is 1. The first kappa shape index (κ1) is 13.4. The lowest BCUT2D eigenvalue weighted by atomic mass is 10.1. The van der Waals surface area contributed by atoms with Gasteiger partial charge in [-0.3, -0.25) is 0 Å². The molecule has 0 fully saturated rings. The maximum atomic E-state index is 13.4. The van der Waals surface area contributed by atoms with Gasteiger partial charge in [0.25, 0.3) is 0 Å². The van der Waals surface area contributed by atoms with Gasteiger partial charge < -0.3 is 10.4 Å². The summed E-state index contributed by atoms with van der Waals surface area (Å²) < 4.78 is 13.4. The minimum Gasteiger partial charge on any atom is -0.396 e. The zero-order valence-electron chi connectivity index (χ0n) is 9.34. The van der Waals surface area contributed by atoms with Crippen LogP contribution in [0.2, 0.25) is 5.02 Å². The van der Waals surface area contributed by atoms with E-state index in [1.807, 2.05) is 6.92 Å². The number of nitrogens with one attached hydrogen (secondary N) is 1. The lowest BCUT2D eigenvalue weighted by Crippen LogP contribution is -2.29. The Hall–Kier alpha value is -0.640. The molecule has 1 atom stereocenters. The van der Waals surface area contributed by atoms with E-state index in [0.29, 0.717) is 23.6 Å². The Morgan fingerprint density at radius 3 is 2.81 bits per heavy atom. The van der Waals surface area contributed by atoms with Gasteiger partial charge in [-0.05, 0) is 25.0 Å². The normalized spacial score (nSPS) is 12.8. The molecule has 16 heavy (non-hydrogen) atoms. The molecule has 0 aliphatic rings. The highest BCUT2D eigenvalue weighted by Gasteiger charge is 2.07. The van der Waals surface area contributed by atoms with Gasteiger partial charge in [0, 0.05) is 29.8 Å². The average molecular weight is 246 g/mol. The highest BCUT2D eigenvalue weighted by molar-refractivity contribution is 6.30. The highest BCUT2D eigenvalue weighted by atomic mass is 35.5. The molecule has 0 bridgehead atoms. The second kappa shape index (κ2) is 6.84. The van der Waals surface area contributed by atoms with E-state index in [0.717, 1.165) is 6.42 Å². The van der Waals surface area contributed by atoms with E-state index in [-0.39, 0.29) is 18.5 Å². The Bertz CT molecular complexity index is 333. The summed E-state index contributed by atoms with van der Waals surface area (Å²) >= 11 is 5.66. The Morgan fingerprint density at radius 1 is 1.50 bits per heavy atom. The quantitative estimate of drug-likeness (QED) is 0.808. The summed E-state index contributed by atoms with van der Waals surface area (Å²) in [4.78, 5) is 0. The van der Waals surface area contributed by atoms with E-state index < -0.39 is 0 Å². The molecule has 0 aliphatic heterocycles. The van der Waals surface area contributed by atoms with E-state index in [1.54, 1.807) is 12.1 Å². The molecule has 4 heteroatoms. The molecule has 0 saturated heterocycles. The minimum atomic E-state index is -0.293. The summed E-state index contributed by atoms with van der Waals surface area (Å²) in [5.41, 5.74) is 0.598. The van der Waals surface area contributed by atoms with E-state index in [4.69, 9.17) is 16.7 Å². The molecule has 0 aliphatic carbocycles. The van der Waals surface area contributed by atoms with Crippen molar-refractivity contribution in [3.63, 3.8) is 0 Å². The van der Waals surface area contributed by atoms with Crippen LogP contribution in [0, 0.1) is 5.82 Å². The monoisotopic (exact) mass is 245 g/mol. The first-order valence-electron chi connectivity index (χ1n) is 5.45. The van der Waals surface area contributed by atoms with Crippen molar-refractivity contribution < 1.29 is 9.50 Å². The van der Waals surface area contributed by atoms with Gasteiger partial charge in [0.05, 0.1) is 0 Å². The molecule has 90 valence electrons. The second-order valence-corrected chi connectivity index (χ2v) is 4.17. The fourth-order valence-electron chi connectivity index (χ4n) is 1.53. The van der Waals surface area contributed by atoms with Crippen LogP contribution >= 0.6 is 11.6 Å². The van der Waals surface area contributed by atoms with Crippen LogP contribution < -0.4 is 5.32 Å². The molecular weight excluding hydrogens is 229 g/mol. The summed E-state index contributed by atoms with van der Waals surface area (Å²) in [5, 5.41) is 12.4. The van der Waals surface area contributed by atoms with Crippen LogP contribution in [-0.2, 0) is 6.54 Å². The molecule has 1 aromatic rings. The van der Waals surface area contributed by atoms with Crippen LogP contribution in [0.4, 0.5) is 4.39 Å². The summed E-state index contributed by atoms with van der Waals surface area (Å²) in [6.45, 7) is 2.64. The smallest absolute Gasteiger partial charge is 0.129 e. The predicted octanol–water partition coefficient (Wildman–Crippen LogP) is 2.73. The Balaban J connectivity index is 2.53. The van der Waals surface area contributed by atoms with Crippen LogP contribution in [0.3, 0.4) is 0 Å². The van der Waals surface area contributed by atoms with E-state index in [1.165, 1.54) is 6.07 Å². The van der Waals surface area contributed by atoms with Crippen LogP contribution in [-0.4, -0.2) is 17.8 Å². The molecule has 0 unspecified atom stereocenters. The zero-order valence-corrected chi connectivity index (χ0v) is 10.1. The predicted molar refractivity (Wildman–Crippen MR) is 64.0 cm³/mol. The summed E-state index contributed by atoms with van der Waals surface area (Å²) in [6.07, 6.45) is 1.60. The number of aliphatic hydroxyl groups excluding tert-OH is 1. The molecule has 2 N–H and O–H groups in total. The molecule has 2 nitrogen and oxygen atoms in total. The maximum Gasteiger partial charge on any atom is 0.129 e. The molecule has 0 amide bonds. The number of hydrogen-bond donors (Lipinski definition) is 2. The number of aliphatic hydroxyl groups is 1. The summed E-state index contributed by atoms with van der Waals surface area (Å²) in [5.74, 6) is -0.293. The third kappa shape index (κ3) is 4.08. The molecule has 1 aromatic carbocycles. The van der Waals surface area contributed by atoms with E-state index >= 15 is 0 Å².